The fourth-order valence-corrected chi connectivity index (χ4v) is 13.8. The van der Waals surface area contributed by atoms with Crippen LogP contribution < -0.4 is 14.8 Å². The number of fused-ring (bicyclic) bond motifs is 5. The number of aromatic hydroxyl groups is 2. The van der Waals surface area contributed by atoms with E-state index in [4.69, 9.17) is 14.2 Å². The lowest BCUT2D eigenvalue weighted by molar-refractivity contribution is -0.175. The Morgan fingerprint density at radius 2 is 1.36 bits per heavy atom. The molecule has 5 heterocycles. The van der Waals surface area contributed by atoms with E-state index in [0.717, 1.165) is 63.4 Å². The van der Waals surface area contributed by atoms with Gasteiger partial charge in [0.1, 0.15) is 6.61 Å². The molecule has 300 valence electrons. The number of amides is 1. The molecule has 1 aromatic heterocycles. The molecule has 3 fully saturated rings. The van der Waals surface area contributed by atoms with E-state index in [9.17, 15) is 25.2 Å². The van der Waals surface area contributed by atoms with Gasteiger partial charge < -0.3 is 44.9 Å². The second-order valence-electron chi connectivity index (χ2n) is 18.8. The number of alkyl carbamates (subject to hydrolysis) is 1. The van der Waals surface area contributed by atoms with Gasteiger partial charge in [-0.05, 0) is 97.5 Å². The SMILES string of the molecule is O=C(NCCN1CC[C@]23c4c5ccc(O)c4O[C@H]2c2[nH]c4c(c2C[C@@]3(O)[C@H]1C5)C[C@@]1(O)[C@@H]2Cc3ccc(O)c5c3[C@@]1(CCN2CC1CC1)[C@H]4O5)OCc1ccccc1. The van der Waals surface area contributed by atoms with Gasteiger partial charge in [-0.1, -0.05) is 42.5 Å². The quantitative estimate of drug-likeness (QED) is 0.159. The highest BCUT2D eigenvalue weighted by atomic mass is 16.5. The summed E-state index contributed by atoms with van der Waals surface area (Å²) in [7, 11) is 0. The van der Waals surface area contributed by atoms with E-state index in [1.165, 1.54) is 12.8 Å². The van der Waals surface area contributed by atoms with E-state index in [1.54, 1.807) is 12.1 Å². The van der Waals surface area contributed by atoms with Gasteiger partial charge in [0.25, 0.3) is 0 Å². The molecule has 4 aromatic rings. The Bertz CT molecular complexity index is 2450. The number of phenols is 2. The third kappa shape index (κ3) is 4.03. The molecule has 58 heavy (non-hydrogen) atoms. The summed E-state index contributed by atoms with van der Waals surface area (Å²) in [5.41, 5.74) is 4.71. The number of aliphatic hydroxyl groups is 2. The Balaban J connectivity index is 0.895. The summed E-state index contributed by atoms with van der Waals surface area (Å²) in [5.74, 6) is 1.78. The molecule has 13 rings (SSSR count). The molecule has 4 bridgehead atoms. The van der Waals surface area contributed by atoms with Gasteiger partial charge in [-0.25, -0.2) is 4.79 Å². The van der Waals surface area contributed by atoms with Crippen molar-refractivity contribution in [3.63, 3.8) is 0 Å². The van der Waals surface area contributed by atoms with Crippen LogP contribution in [0.2, 0.25) is 0 Å². The number of aromatic amines is 1. The molecule has 8 atom stereocenters. The van der Waals surface area contributed by atoms with Crippen molar-refractivity contribution < 1.29 is 39.4 Å². The first kappa shape index (κ1) is 34.1. The lowest BCUT2D eigenvalue weighted by Crippen LogP contribution is -2.75. The average molecular weight is 785 g/mol. The number of nitrogens with zero attached hydrogens (tertiary/aromatic N) is 2. The second kappa shape index (κ2) is 11.3. The monoisotopic (exact) mass is 784 g/mol. The van der Waals surface area contributed by atoms with Crippen LogP contribution in [0.4, 0.5) is 4.79 Å². The summed E-state index contributed by atoms with van der Waals surface area (Å²) in [4.78, 5) is 21.5. The predicted molar refractivity (Wildman–Crippen MR) is 209 cm³/mol. The Morgan fingerprint density at radius 3 is 1.95 bits per heavy atom. The first-order valence-electron chi connectivity index (χ1n) is 21.3. The highest BCUT2D eigenvalue weighted by Gasteiger charge is 2.76. The van der Waals surface area contributed by atoms with Gasteiger partial charge in [0.15, 0.2) is 35.2 Å². The number of H-pyrrole nitrogens is 1. The van der Waals surface area contributed by atoms with Crippen LogP contribution in [-0.4, -0.2) is 97.3 Å². The highest BCUT2D eigenvalue weighted by Crippen LogP contribution is 2.72. The largest absolute Gasteiger partial charge is 0.504 e. The molecule has 2 saturated heterocycles. The van der Waals surface area contributed by atoms with Crippen molar-refractivity contribution in [2.75, 3.05) is 32.7 Å². The molecule has 9 aliphatic rings. The number of likely N-dealkylation sites (tertiary alicyclic amines) is 2. The fourth-order valence-electron chi connectivity index (χ4n) is 13.8. The third-order valence-corrected chi connectivity index (χ3v) is 16.4. The molecule has 4 aliphatic heterocycles. The number of hydrogen-bond acceptors (Lipinski definition) is 10. The summed E-state index contributed by atoms with van der Waals surface area (Å²) < 4.78 is 19.4. The van der Waals surface area contributed by atoms with E-state index in [0.29, 0.717) is 75.6 Å². The predicted octanol–water partition coefficient (Wildman–Crippen LogP) is 4.34. The number of carbonyl (C=O) groups excluding carboxylic acids is 1. The van der Waals surface area contributed by atoms with Crippen LogP contribution in [-0.2, 0) is 47.9 Å². The maximum absolute atomic E-state index is 13.7. The Kier molecular flexibility index (Phi) is 6.65. The van der Waals surface area contributed by atoms with Crippen molar-refractivity contribution in [1.82, 2.24) is 20.1 Å². The van der Waals surface area contributed by atoms with E-state index < -0.39 is 40.3 Å². The molecule has 0 unspecified atom stereocenters. The lowest BCUT2D eigenvalue weighted by Gasteiger charge is -2.63. The van der Waals surface area contributed by atoms with Gasteiger partial charge in [-0.2, -0.15) is 0 Å². The van der Waals surface area contributed by atoms with Crippen molar-refractivity contribution in [3.05, 3.63) is 105 Å². The summed E-state index contributed by atoms with van der Waals surface area (Å²) in [6.07, 6.45) is 4.12. The van der Waals surface area contributed by atoms with Gasteiger partial charge >= 0.3 is 6.09 Å². The number of benzene rings is 3. The van der Waals surface area contributed by atoms with Crippen LogP contribution in [0.25, 0.3) is 0 Å². The Hall–Kier alpha value is -4.75. The van der Waals surface area contributed by atoms with E-state index in [2.05, 4.69) is 20.1 Å². The van der Waals surface area contributed by atoms with Crippen LogP contribution in [0.3, 0.4) is 0 Å². The molecular weight excluding hydrogens is 737 g/mol. The maximum atomic E-state index is 13.7. The van der Waals surface area contributed by atoms with Crippen molar-refractivity contribution in [2.45, 2.75) is 104 Å². The van der Waals surface area contributed by atoms with Gasteiger partial charge in [-0.15, -0.1) is 0 Å². The van der Waals surface area contributed by atoms with E-state index >= 15 is 0 Å². The van der Waals surface area contributed by atoms with Gasteiger partial charge in [-0.3, -0.25) is 9.80 Å². The van der Waals surface area contributed by atoms with Gasteiger partial charge in [0.2, 0.25) is 0 Å². The molecule has 6 N–H and O–H groups in total. The fraction of sp³-hybridized carbons (Fsp3) is 0.500. The Morgan fingerprint density at radius 1 is 0.793 bits per heavy atom. The minimum Gasteiger partial charge on any atom is -0.504 e. The summed E-state index contributed by atoms with van der Waals surface area (Å²) in [5, 5.41) is 52.8. The molecular formula is C46H48N4O8. The lowest BCUT2D eigenvalue weighted by atomic mass is 9.47. The van der Waals surface area contributed by atoms with Crippen molar-refractivity contribution >= 4 is 6.09 Å². The van der Waals surface area contributed by atoms with Crippen molar-refractivity contribution in [1.29, 1.82) is 0 Å². The molecule has 1 amide bonds. The summed E-state index contributed by atoms with van der Waals surface area (Å²) in [6, 6.07) is 16.6. The summed E-state index contributed by atoms with van der Waals surface area (Å²) in [6.45, 7) is 3.57. The first-order valence-corrected chi connectivity index (χ1v) is 21.3. The molecule has 12 heteroatoms. The minimum absolute atomic E-state index is 0.0724. The second-order valence-corrected chi connectivity index (χ2v) is 18.8. The van der Waals surface area contributed by atoms with Crippen LogP contribution in [0.5, 0.6) is 23.0 Å². The number of aromatic nitrogens is 1. The number of nitrogens with one attached hydrogen (secondary N) is 2. The molecule has 2 spiro atoms. The maximum Gasteiger partial charge on any atom is 0.407 e. The molecule has 3 aromatic carbocycles. The molecule has 0 radical (unpaired) electrons. The minimum atomic E-state index is -1.29. The topological polar surface area (TPSA) is 160 Å². The smallest absolute Gasteiger partial charge is 0.407 e. The molecule has 1 saturated carbocycles. The number of ether oxygens (including phenoxy) is 3. The standard InChI is InChI=1S/C46H48N4O8/c51-30-10-8-26-18-32-45(54)20-28-29-21-46(55)33-19-27-9-11-31(52)39-35(27)44(46,13-16-50(33)22-24-6-7-24)41(58-39)37(29)48-36(28)40-43(45,34(26)38(30)57-40)12-15-49(32)17-14-47-42(53)56-23-25-4-2-1-3-5-25/h1-5,8-11,24,32-33,40-41,48,51-52,54-55H,6-7,12-23H2,(H,47,53)/t32-,33+,40+,41+,43+,44+,45-,46-/m1/s1. The van der Waals surface area contributed by atoms with Crippen LogP contribution >= 0.6 is 0 Å². The first-order chi connectivity index (χ1) is 28.1. The normalized spacial score (nSPS) is 35.2. The zero-order valence-corrected chi connectivity index (χ0v) is 32.3. The van der Waals surface area contributed by atoms with Gasteiger partial charge in [0, 0.05) is 55.7 Å². The number of carbonyl (C=O) groups is 1. The molecule has 12 nitrogen and oxygen atoms in total. The zero-order chi connectivity index (χ0) is 38.9. The average Bonchev–Trinajstić information content (AvgIpc) is 3.71. The van der Waals surface area contributed by atoms with E-state index in [1.807, 2.05) is 42.5 Å². The number of phenolic OH excluding ortho intramolecular Hbond substituents is 2. The number of piperidine rings is 2. The summed E-state index contributed by atoms with van der Waals surface area (Å²) >= 11 is 0. The Labute approximate surface area is 335 Å². The number of hydrogen-bond donors (Lipinski definition) is 6. The van der Waals surface area contributed by atoms with Crippen molar-refractivity contribution in [3.8, 4) is 23.0 Å². The number of rotatable bonds is 7. The van der Waals surface area contributed by atoms with Crippen LogP contribution in [0, 0.1) is 5.92 Å². The van der Waals surface area contributed by atoms with Crippen LogP contribution in [0.15, 0.2) is 54.6 Å². The third-order valence-electron chi connectivity index (χ3n) is 16.4. The van der Waals surface area contributed by atoms with Crippen LogP contribution in [0.1, 0.15) is 88.2 Å². The van der Waals surface area contributed by atoms with E-state index in [-0.39, 0.29) is 30.2 Å². The van der Waals surface area contributed by atoms with Crippen molar-refractivity contribution in [2.24, 2.45) is 5.92 Å². The highest BCUT2D eigenvalue weighted by molar-refractivity contribution is 5.69. The molecule has 5 aliphatic carbocycles. The zero-order valence-electron chi connectivity index (χ0n) is 32.3. The van der Waals surface area contributed by atoms with Gasteiger partial charge in [0.05, 0.1) is 33.4 Å².